The fraction of sp³-hybridized carbons (Fsp3) is 0.667. The number of carbonyl (C=O) groups is 3. The van der Waals surface area contributed by atoms with Crippen LogP contribution in [-0.4, -0.2) is 46.4 Å². The molecular weight excluding hydrogens is 232 g/mol. The van der Waals surface area contributed by atoms with Crippen molar-refractivity contribution in [2.24, 2.45) is 0 Å². The van der Waals surface area contributed by atoms with E-state index in [9.17, 15) is 19.5 Å². The topological polar surface area (TPSA) is 89.5 Å². The van der Waals surface area contributed by atoms with E-state index in [0.717, 1.165) is 0 Å². The second kappa shape index (κ2) is 4.32. The van der Waals surface area contributed by atoms with Crippen LogP contribution in [0, 0.1) is 0 Å². The van der Waals surface area contributed by atoms with E-state index in [1.54, 1.807) is 0 Å². The van der Waals surface area contributed by atoms with Gasteiger partial charge in [0.2, 0.25) is 11.8 Å². The van der Waals surface area contributed by atoms with Crippen molar-refractivity contribution in [1.82, 2.24) is 10.2 Å². The molecule has 2 amide bonds. The minimum atomic E-state index is -1.23. The highest BCUT2D eigenvalue weighted by Crippen LogP contribution is 2.23. The number of amides is 2. The third kappa shape index (κ3) is 1.99. The fourth-order valence-electron chi connectivity index (χ4n) is 1.85. The SMILES string of the molecule is O=C1CC[C@H](C(=O)N2CSC[C@@H]2C(=O)[O-])N1. The first kappa shape index (κ1) is 11.3. The average molecular weight is 243 g/mol. The molecule has 0 saturated carbocycles. The Kier molecular flexibility index (Phi) is 3.04. The van der Waals surface area contributed by atoms with Crippen molar-refractivity contribution in [3.05, 3.63) is 0 Å². The third-order valence-electron chi connectivity index (χ3n) is 2.73. The van der Waals surface area contributed by atoms with Crippen LogP contribution in [-0.2, 0) is 14.4 Å². The minimum Gasteiger partial charge on any atom is -0.548 e. The number of carbonyl (C=O) groups excluding carboxylic acids is 3. The summed E-state index contributed by atoms with van der Waals surface area (Å²) in [5.41, 5.74) is 0. The van der Waals surface area contributed by atoms with E-state index in [4.69, 9.17) is 0 Å². The summed E-state index contributed by atoms with van der Waals surface area (Å²) in [6.07, 6.45) is 0.770. The van der Waals surface area contributed by atoms with E-state index in [-0.39, 0.29) is 11.8 Å². The van der Waals surface area contributed by atoms with E-state index in [1.165, 1.54) is 16.7 Å². The van der Waals surface area contributed by atoms with Gasteiger partial charge in [-0.3, -0.25) is 9.59 Å². The Morgan fingerprint density at radius 2 is 2.25 bits per heavy atom. The molecule has 2 aliphatic rings. The monoisotopic (exact) mass is 243 g/mol. The molecule has 0 spiro atoms. The lowest BCUT2D eigenvalue weighted by Gasteiger charge is -2.26. The van der Waals surface area contributed by atoms with E-state index in [2.05, 4.69) is 5.32 Å². The summed E-state index contributed by atoms with van der Waals surface area (Å²) in [4.78, 5) is 35.0. The first-order valence-corrected chi connectivity index (χ1v) is 6.13. The van der Waals surface area contributed by atoms with Crippen molar-refractivity contribution in [3.63, 3.8) is 0 Å². The normalized spacial score (nSPS) is 29.2. The number of carboxylic acid groups (broad SMARTS) is 1. The summed E-state index contributed by atoms with van der Waals surface area (Å²) in [5.74, 6) is -0.999. The van der Waals surface area contributed by atoms with Gasteiger partial charge in [0, 0.05) is 12.2 Å². The number of nitrogens with one attached hydrogen (secondary N) is 1. The number of hydrogen-bond donors (Lipinski definition) is 1. The summed E-state index contributed by atoms with van der Waals surface area (Å²) in [6, 6.07) is -1.43. The Balaban J connectivity index is 2.03. The van der Waals surface area contributed by atoms with Gasteiger partial charge in [-0.25, -0.2) is 0 Å². The molecular formula is C9H11N2O4S-. The molecule has 0 aromatic carbocycles. The van der Waals surface area contributed by atoms with E-state index in [1.807, 2.05) is 0 Å². The zero-order valence-corrected chi connectivity index (χ0v) is 9.29. The molecule has 0 bridgehead atoms. The van der Waals surface area contributed by atoms with Gasteiger partial charge in [-0.15, -0.1) is 11.8 Å². The van der Waals surface area contributed by atoms with E-state index in [0.29, 0.717) is 24.5 Å². The molecule has 0 radical (unpaired) electrons. The number of hydrogen-bond acceptors (Lipinski definition) is 5. The minimum absolute atomic E-state index is 0.157. The first-order chi connectivity index (χ1) is 7.59. The molecule has 2 rings (SSSR count). The van der Waals surface area contributed by atoms with Crippen LogP contribution in [0.1, 0.15) is 12.8 Å². The van der Waals surface area contributed by atoms with Gasteiger partial charge < -0.3 is 20.1 Å². The maximum absolute atomic E-state index is 11.9. The Bertz CT molecular complexity index is 346. The van der Waals surface area contributed by atoms with Crippen molar-refractivity contribution in [3.8, 4) is 0 Å². The lowest BCUT2D eigenvalue weighted by Crippen LogP contribution is -2.53. The van der Waals surface area contributed by atoms with Gasteiger partial charge in [-0.05, 0) is 6.42 Å². The van der Waals surface area contributed by atoms with Crippen molar-refractivity contribution in [1.29, 1.82) is 0 Å². The number of nitrogens with zero attached hydrogens (tertiary/aromatic N) is 1. The second-order valence-corrected chi connectivity index (χ2v) is 4.80. The van der Waals surface area contributed by atoms with Crippen molar-refractivity contribution in [2.45, 2.75) is 24.9 Å². The lowest BCUT2D eigenvalue weighted by atomic mass is 10.2. The maximum atomic E-state index is 11.9. The van der Waals surface area contributed by atoms with Gasteiger partial charge in [-0.1, -0.05) is 0 Å². The predicted molar refractivity (Wildman–Crippen MR) is 54.1 cm³/mol. The van der Waals surface area contributed by atoms with Gasteiger partial charge in [-0.2, -0.15) is 0 Å². The van der Waals surface area contributed by atoms with Crippen LogP contribution in [0.2, 0.25) is 0 Å². The molecule has 7 heteroatoms. The Morgan fingerprint density at radius 1 is 1.50 bits per heavy atom. The van der Waals surface area contributed by atoms with Crippen LogP contribution in [0.4, 0.5) is 0 Å². The molecule has 0 aromatic rings. The maximum Gasteiger partial charge on any atom is 0.246 e. The summed E-state index contributed by atoms with van der Waals surface area (Å²) >= 11 is 1.38. The van der Waals surface area contributed by atoms with Gasteiger partial charge in [0.25, 0.3) is 0 Å². The molecule has 1 N–H and O–H groups in total. The number of carboxylic acids is 1. The molecule has 0 unspecified atom stereocenters. The number of rotatable bonds is 2. The van der Waals surface area contributed by atoms with E-state index < -0.39 is 18.1 Å². The summed E-state index contributed by atoms with van der Waals surface area (Å²) < 4.78 is 0. The number of thioether (sulfide) groups is 1. The highest BCUT2D eigenvalue weighted by Gasteiger charge is 2.36. The molecule has 2 atom stereocenters. The summed E-state index contributed by atoms with van der Waals surface area (Å²) in [5, 5.41) is 13.3. The second-order valence-electron chi connectivity index (χ2n) is 3.80. The molecule has 2 aliphatic heterocycles. The predicted octanol–water partition coefficient (Wildman–Crippen LogP) is -2.08. The fourth-order valence-corrected chi connectivity index (χ4v) is 3.00. The Morgan fingerprint density at radius 3 is 2.81 bits per heavy atom. The molecule has 6 nitrogen and oxygen atoms in total. The van der Waals surface area contributed by atoms with Gasteiger partial charge in [0.15, 0.2) is 0 Å². The van der Waals surface area contributed by atoms with Crippen molar-refractivity contribution in [2.75, 3.05) is 11.6 Å². The lowest BCUT2D eigenvalue weighted by molar-refractivity contribution is -0.310. The van der Waals surface area contributed by atoms with Crippen LogP contribution >= 0.6 is 11.8 Å². The zero-order valence-electron chi connectivity index (χ0n) is 8.47. The van der Waals surface area contributed by atoms with Crippen LogP contribution in [0.25, 0.3) is 0 Å². The zero-order chi connectivity index (χ0) is 11.7. The molecule has 2 fully saturated rings. The van der Waals surface area contributed by atoms with Crippen molar-refractivity contribution >= 4 is 29.5 Å². The highest BCUT2D eigenvalue weighted by molar-refractivity contribution is 7.99. The summed E-state index contributed by atoms with van der Waals surface area (Å²) in [6.45, 7) is 0. The highest BCUT2D eigenvalue weighted by atomic mass is 32.2. The molecule has 0 aliphatic carbocycles. The van der Waals surface area contributed by atoms with Crippen molar-refractivity contribution < 1.29 is 19.5 Å². The van der Waals surface area contributed by atoms with Crippen LogP contribution in [0.3, 0.4) is 0 Å². The van der Waals surface area contributed by atoms with Crippen LogP contribution < -0.4 is 10.4 Å². The summed E-state index contributed by atoms with van der Waals surface area (Å²) in [7, 11) is 0. The smallest absolute Gasteiger partial charge is 0.246 e. The largest absolute Gasteiger partial charge is 0.548 e. The van der Waals surface area contributed by atoms with Gasteiger partial charge in [0.1, 0.15) is 6.04 Å². The quantitative estimate of drug-likeness (QED) is 0.601. The van der Waals surface area contributed by atoms with E-state index >= 15 is 0 Å². The molecule has 2 saturated heterocycles. The van der Waals surface area contributed by atoms with Gasteiger partial charge >= 0.3 is 0 Å². The molecule has 88 valence electrons. The average Bonchev–Trinajstić information content (AvgIpc) is 2.84. The van der Waals surface area contributed by atoms with Crippen LogP contribution in [0.5, 0.6) is 0 Å². The Labute approximate surface area is 96.4 Å². The molecule has 16 heavy (non-hydrogen) atoms. The molecule has 0 aromatic heterocycles. The standard InChI is InChI=1S/C9H12N2O4S/c12-7-2-1-5(10-7)8(13)11-4-16-3-6(11)9(14)15/h5-6H,1-4H2,(H,10,12)(H,14,15)/p-1/t5-,6-/m1/s1. The third-order valence-corrected chi connectivity index (χ3v) is 3.74. The molecule has 2 heterocycles. The first-order valence-electron chi connectivity index (χ1n) is 4.98. The van der Waals surface area contributed by atoms with Gasteiger partial charge in [0.05, 0.1) is 17.9 Å². The van der Waals surface area contributed by atoms with Crippen LogP contribution in [0.15, 0.2) is 0 Å². The Hall–Kier alpha value is -1.24. The number of aliphatic carboxylic acids is 1.